The van der Waals surface area contributed by atoms with Gasteiger partial charge in [-0.2, -0.15) is 0 Å². The number of nitrogens with zero attached hydrogens (tertiary/aromatic N) is 1. The Morgan fingerprint density at radius 2 is 1.56 bits per heavy atom. The number of phenolic OH excluding ortho intramolecular Hbond substituents is 1. The zero-order valence-corrected chi connectivity index (χ0v) is 17.5. The molecule has 0 bridgehead atoms. The molecular formula is C20H33NO3S. The fourth-order valence-corrected chi connectivity index (χ4v) is 3.58. The first-order chi connectivity index (χ1) is 11.3. The number of aromatic hydroxyl groups is 1. The second-order valence-corrected chi connectivity index (χ2v) is 9.87. The van der Waals surface area contributed by atoms with Crippen LogP contribution in [0.15, 0.2) is 17.0 Å². The molecule has 0 spiro atoms. The van der Waals surface area contributed by atoms with Crippen LogP contribution in [0.3, 0.4) is 0 Å². The summed E-state index contributed by atoms with van der Waals surface area (Å²) in [5, 5.41) is 19.5. The largest absolute Gasteiger partial charge is 0.507 e. The monoisotopic (exact) mass is 367 g/mol. The van der Waals surface area contributed by atoms with Gasteiger partial charge in [-0.15, -0.1) is 11.8 Å². The van der Waals surface area contributed by atoms with Crippen LogP contribution in [0.4, 0.5) is 0 Å². The molecule has 25 heavy (non-hydrogen) atoms. The van der Waals surface area contributed by atoms with Crippen LogP contribution in [-0.4, -0.2) is 47.0 Å². The van der Waals surface area contributed by atoms with Gasteiger partial charge in [0.1, 0.15) is 5.75 Å². The van der Waals surface area contributed by atoms with E-state index >= 15 is 0 Å². The SMILES string of the molecule is CN(CCCSc1cc(C(C)(C)C)c(O)c(C(C)(C)C)c1)CC(=O)O. The Balaban J connectivity index is 2.88. The molecule has 142 valence electrons. The van der Waals surface area contributed by atoms with E-state index in [0.29, 0.717) is 5.75 Å². The lowest BCUT2D eigenvalue weighted by Gasteiger charge is -2.28. The summed E-state index contributed by atoms with van der Waals surface area (Å²) in [6.07, 6.45) is 0.922. The average Bonchev–Trinajstić information content (AvgIpc) is 2.41. The molecule has 0 aliphatic heterocycles. The first-order valence-corrected chi connectivity index (χ1v) is 9.72. The number of likely N-dealkylation sites (N-methyl/N-ethyl adjacent to an activating group) is 1. The maximum atomic E-state index is 10.7. The minimum absolute atomic E-state index is 0.0756. The van der Waals surface area contributed by atoms with Crippen molar-refractivity contribution in [1.82, 2.24) is 4.90 Å². The zero-order chi connectivity index (χ0) is 19.4. The highest BCUT2D eigenvalue weighted by molar-refractivity contribution is 7.99. The molecule has 0 atom stereocenters. The normalized spacial score (nSPS) is 12.6. The first kappa shape index (κ1) is 21.8. The Hall–Kier alpha value is -1.20. The van der Waals surface area contributed by atoms with Gasteiger partial charge >= 0.3 is 5.97 Å². The molecule has 2 N–H and O–H groups in total. The van der Waals surface area contributed by atoms with E-state index in [0.717, 1.165) is 34.7 Å². The van der Waals surface area contributed by atoms with Crippen LogP contribution in [0.25, 0.3) is 0 Å². The standard InChI is InChI=1S/C20H33NO3S/c1-19(2,3)15-11-14(12-16(18(15)24)20(4,5)6)25-10-8-9-21(7)13-17(22)23/h11-12,24H,8-10,13H2,1-7H3,(H,22,23). The Morgan fingerprint density at radius 3 is 1.96 bits per heavy atom. The Bertz CT molecular complexity index is 565. The number of aliphatic carboxylic acids is 1. The van der Waals surface area contributed by atoms with Gasteiger partial charge < -0.3 is 10.2 Å². The second-order valence-electron chi connectivity index (χ2n) is 8.70. The summed E-state index contributed by atoms with van der Waals surface area (Å²) in [5.41, 5.74) is 1.71. The molecule has 1 aromatic rings. The number of carboxylic acid groups (broad SMARTS) is 1. The highest BCUT2D eigenvalue weighted by Crippen LogP contribution is 2.41. The van der Waals surface area contributed by atoms with Crippen LogP contribution < -0.4 is 0 Å². The molecule has 0 aliphatic carbocycles. The molecule has 0 aliphatic rings. The van der Waals surface area contributed by atoms with E-state index in [9.17, 15) is 9.90 Å². The quantitative estimate of drug-likeness (QED) is 0.549. The summed E-state index contributed by atoms with van der Waals surface area (Å²) >= 11 is 1.77. The van der Waals surface area contributed by atoms with Crippen molar-refractivity contribution >= 4 is 17.7 Å². The lowest BCUT2D eigenvalue weighted by Crippen LogP contribution is -2.26. The van der Waals surface area contributed by atoms with E-state index in [1.165, 1.54) is 0 Å². The van der Waals surface area contributed by atoms with Crippen LogP contribution in [0.5, 0.6) is 5.75 Å². The van der Waals surface area contributed by atoms with E-state index in [1.807, 2.05) is 11.9 Å². The van der Waals surface area contributed by atoms with Crippen molar-refractivity contribution in [3.8, 4) is 5.75 Å². The van der Waals surface area contributed by atoms with Crippen molar-refractivity contribution in [2.24, 2.45) is 0 Å². The van der Waals surface area contributed by atoms with Crippen LogP contribution in [-0.2, 0) is 15.6 Å². The van der Waals surface area contributed by atoms with Crippen LogP contribution in [0.1, 0.15) is 59.1 Å². The molecule has 0 radical (unpaired) electrons. The maximum absolute atomic E-state index is 10.7. The molecule has 0 heterocycles. The van der Waals surface area contributed by atoms with Gasteiger partial charge in [0.2, 0.25) is 0 Å². The number of hydrogen-bond donors (Lipinski definition) is 2. The predicted molar refractivity (Wildman–Crippen MR) is 106 cm³/mol. The van der Waals surface area contributed by atoms with E-state index < -0.39 is 5.97 Å². The number of hydrogen-bond acceptors (Lipinski definition) is 4. The van der Waals surface area contributed by atoms with E-state index in [1.54, 1.807) is 11.8 Å². The number of benzene rings is 1. The van der Waals surface area contributed by atoms with Gasteiger partial charge in [0.25, 0.3) is 0 Å². The fourth-order valence-electron chi connectivity index (χ4n) is 2.67. The molecule has 0 amide bonds. The number of carboxylic acids is 1. The van der Waals surface area contributed by atoms with Gasteiger partial charge in [0, 0.05) is 16.0 Å². The lowest BCUT2D eigenvalue weighted by atomic mass is 9.79. The lowest BCUT2D eigenvalue weighted by molar-refractivity contribution is -0.137. The molecule has 0 saturated carbocycles. The minimum atomic E-state index is -0.793. The summed E-state index contributed by atoms with van der Waals surface area (Å²) in [5.74, 6) is 0.533. The van der Waals surface area contributed by atoms with Crippen LogP contribution >= 0.6 is 11.8 Å². The maximum Gasteiger partial charge on any atom is 0.317 e. The van der Waals surface area contributed by atoms with Gasteiger partial charge in [-0.3, -0.25) is 9.69 Å². The van der Waals surface area contributed by atoms with Crippen molar-refractivity contribution in [2.75, 3.05) is 25.9 Å². The fraction of sp³-hybridized carbons (Fsp3) is 0.650. The molecule has 4 nitrogen and oxygen atoms in total. The summed E-state index contributed by atoms with van der Waals surface area (Å²) < 4.78 is 0. The molecule has 5 heteroatoms. The molecule has 1 aromatic carbocycles. The van der Waals surface area contributed by atoms with E-state index in [-0.39, 0.29) is 17.4 Å². The number of phenols is 1. The summed E-state index contributed by atoms with van der Waals surface area (Å²) in [4.78, 5) is 13.7. The summed E-state index contributed by atoms with van der Waals surface area (Å²) in [7, 11) is 1.83. The third-order valence-corrected chi connectivity index (χ3v) is 5.12. The van der Waals surface area contributed by atoms with Gasteiger partial charge in [-0.05, 0) is 48.7 Å². The summed E-state index contributed by atoms with van der Waals surface area (Å²) in [6.45, 7) is 13.5. The number of carbonyl (C=O) groups is 1. The Labute approximate surface area is 156 Å². The van der Waals surface area contributed by atoms with Crippen molar-refractivity contribution in [3.63, 3.8) is 0 Å². The molecular weight excluding hydrogens is 334 g/mol. The molecule has 0 aromatic heterocycles. The second kappa shape index (κ2) is 8.45. The topological polar surface area (TPSA) is 60.8 Å². The van der Waals surface area contributed by atoms with Gasteiger partial charge in [-0.1, -0.05) is 41.5 Å². The third-order valence-electron chi connectivity index (χ3n) is 4.06. The molecule has 1 rings (SSSR count). The Kier molecular flexibility index (Phi) is 7.39. The first-order valence-electron chi connectivity index (χ1n) is 8.73. The molecule has 0 saturated heterocycles. The highest BCUT2D eigenvalue weighted by atomic mass is 32.2. The third kappa shape index (κ3) is 6.90. The van der Waals surface area contributed by atoms with Crippen LogP contribution in [0, 0.1) is 0 Å². The number of rotatable bonds is 7. The average molecular weight is 368 g/mol. The zero-order valence-electron chi connectivity index (χ0n) is 16.6. The molecule has 0 unspecified atom stereocenters. The minimum Gasteiger partial charge on any atom is -0.507 e. The van der Waals surface area contributed by atoms with Crippen molar-refractivity contribution in [1.29, 1.82) is 0 Å². The van der Waals surface area contributed by atoms with E-state index in [2.05, 4.69) is 53.7 Å². The smallest absolute Gasteiger partial charge is 0.317 e. The molecule has 0 fully saturated rings. The summed E-state index contributed by atoms with van der Waals surface area (Å²) in [6, 6.07) is 4.19. The van der Waals surface area contributed by atoms with Gasteiger partial charge in [0.15, 0.2) is 0 Å². The van der Waals surface area contributed by atoms with Crippen LogP contribution in [0.2, 0.25) is 0 Å². The van der Waals surface area contributed by atoms with Crippen molar-refractivity contribution < 1.29 is 15.0 Å². The van der Waals surface area contributed by atoms with Crippen molar-refractivity contribution in [3.05, 3.63) is 23.3 Å². The predicted octanol–water partition coefficient (Wildman–Crippen LogP) is 4.49. The number of thioether (sulfide) groups is 1. The Morgan fingerprint density at radius 1 is 1.08 bits per heavy atom. The van der Waals surface area contributed by atoms with Gasteiger partial charge in [0.05, 0.1) is 6.54 Å². The van der Waals surface area contributed by atoms with Crippen molar-refractivity contribution in [2.45, 2.75) is 63.7 Å². The van der Waals surface area contributed by atoms with E-state index in [4.69, 9.17) is 5.11 Å². The highest BCUT2D eigenvalue weighted by Gasteiger charge is 2.26. The van der Waals surface area contributed by atoms with Gasteiger partial charge in [-0.25, -0.2) is 0 Å².